The molecule has 0 atom stereocenters. The van der Waals surface area contributed by atoms with E-state index in [0.717, 1.165) is 16.9 Å². The van der Waals surface area contributed by atoms with Crippen molar-refractivity contribution in [2.45, 2.75) is 32.7 Å². The fourth-order valence-corrected chi connectivity index (χ4v) is 1.87. The number of hydrogen-bond acceptors (Lipinski definition) is 4. The summed E-state index contributed by atoms with van der Waals surface area (Å²) in [5.74, 6) is 1.27. The Morgan fingerprint density at radius 3 is 2.58 bits per heavy atom. The summed E-state index contributed by atoms with van der Waals surface area (Å²) in [4.78, 5) is 0. The van der Waals surface area contributed by atoms with E-state index >= 15 is 0 Å². The third-order valence-corrected chi connectivity index (χ3v) is 2.89. The van der Waals surface area contributed by atoms with Gasteiger partial charge in [0.2, 0.25) is 5.88 Å². The van der Waals surface area contributed by atoms with Crippen LogP contribution in [0.15, 0.2) is 36.5 Å². The average Bonchev–Trinajstić information content (AvgIpc) is 2.39. The summed E-state index contributed by atoms with van der Waals surface area (Å²) < 4.78 is 5.90. The Morgan fingerprint density at radius 1 is 1.16 bits per heavy atom. The number of hydrogen-bond donors (Lipinski definition) is 1. The highest BCUT2D eigenvalue weighted by Gasteiger charge is 2.19. The van der Waals surface area contributed by atoms with Crippen molar-refractivity contribution in [2.75, 3.05) is 0 Å². The van der Waals surface area contributed by atoms with Crippen molar-refractivity contribution in [2.24, 2.45) is 5.73 Å². The van der Waals surface area contributed by atoms with Gasteiger partial charge in [0.05, 0.1) is 6.20 Å². The molecule has 1 aromatic carbocycles. The molecule has 0 saturated carbocycles. The molecule has 0 aliphatic carbocycles. The van der Waals surface area contributed by atoms with Crippen molar-refractivity contribution >= 4 is 0 Å². The maximum Gasteiger partial charge on any atom is 0.243 e. The fraction of sp³-hybridized carbons (Fsp3) is 0.333. The molecule has 2 rings (SSSR count). The quantitative estimate of drug-likeness (QED) is 0.918. The van der Waals surface area contributed by atoms with E-state index in [1.165, 1.54) is 0 Å². The van der Waals surface area contributed by atoms with Crippen LogP contribution in [0.2, 0.25) is 0 Å². The van der Waals surface area contributed by atoms with Gasteiger partial charge in [0.15, 0.2) is 0 Å². The first-order chi connectivity index (χ1) is 9.02. The first-order valence-electron chi connectivity index (χ1n) is 6.30. The Kier molecular flexibility index (Phi) is 3.81. The molecule has 2 aromatic rings. The van der Waals surface area contributed by atoms with Gasteiger partial charge in [-0.25, -0.2) is 0 Å². The summed E-state index contributed by atoms with van der Waals surface area (Å²) in [7, 11) is 0. The number of benzene rings is 1. The minimum absolute atomic E-state index is 0.00167. The summed E-state index contributed by atoms with van der Waals surface area (Å²) in [5.41, 5.74) is 7.66. The largest absolute Gasteiger partial charge is 0.437 e. The van der Waals surface area contributed by atoms with E-state index in [4.69, 9.17) is 10.5 Å². The summed E-state index contributed by atoms with van der Waals surface area (Å²) >= 11 is 0. The average molecular weight is 257 g/mol. The van der Waals surface area contributed by atoms with Crippen LogP contribution in [0.5, 0.6) is 11.6 Å². The normalized spacial score (nSPS) is 11.4. The van der Waals surface area contributed by atoms with Crippen LogP contribution in [0.4, 0.5) is 0 Å². The minimum atomic E-state index is 0.00167. The Morgan fingerprint density at radius 2 is 1.89 bits per heavy atom. The van der Waals surface area contributed by atoms with Crippen molar-refractivity contribution in [3.05, 3.63) is 47.7 Å². The fourth-order valence-electron chi connectivity index (χ4n) is 1.87. The lowest BCUT2D eigenvalue weighted by atomic mass is 9.86. The Bertz CT molecular complexity index is 561. The van der Waals surface area contributed by atoms with Crippen LogP contribution < -0.4 is 10.5 Å². The lowest BCUT2D eigenvalue weighted by Crippen LogP contribution is -2.13. The number of aromatic nitrogens is 2. The molecule has 1 heterocycles. The van der Waals surface area contributed by atoms with Gasteiger partial charge >= 0.3 is 0 Å². The first kappa shape index (κ1) is 13.5. The summed E-state index contributed by atoms with van der Waals surface area (Å²) in [6.07, 6.45) is 1.62. The second-order valence-electron chi connectivity index (χ2n) is 5.41. The van der Waals surface area contributed by atoms with E-state index < -0.39 is 0 Å². The second-order valence-corrected chi connectivity index (χ2v) is 5.41. The number of nitrogens with two attached hydrogens (primary N) is 1. The molecule has 1 aromatic heterocycles. The van der Waals surface area contributed by atoms with E-state index in [2.05, 4.69) is 37.0 Å². The molecule has 0 amide bonds. The van der Waals surface area contributed by atoms with Gasteiger partial charge in [-0.3, -0.25) is 0 Å². The van der Waals surface area contributed by atoms with Crippen LogP contribution >= 0.6 is 0 Å². The highest BCUT2D eigenvalue weighted by atomic mass is 16.5. The van der Waals surface area contributed by atoms with E-state index in [0.29, 0.717) is 12.4 Å². The van der Waals surface area contributed by atoms with Gasteiger partial charge in [-0.15, -0.1) is 5.10 Å². The highest BCUT2D eigenvalue weighted by molar-refractivity contribution is 5.41. The number of para-hydroxylation sites is 1. The third-order valence-electron chi connectivity index (χ3n) is 2.89. The van der Waals surface area contributed by atoms with Gasteiger partial charge < -0.3 is 10.5 Å². The molecular weight excluding hydrogens is 238 g/mol. The predicted octanol–water partition coefficient (Wildman–Crippen LogP) is 3.03. The molecular formula is C15H19N3O. The van der Waals surface area contributed by atoms with E-state index in [1.807, 2.05) is 24.3 Å². The molecule has 0 unspecified atom stereocenters. The van der Waals surface area contributed by atoms with Gasteiger partial charge in [-0.05, 0) is 17.5 Å². The molecule has 100 valence electrons. The molecule has 0 bridgehead atoms. The SMILES string of the molecule is CC(C)(C)c1ccccc1Oc1nnccc1CN. The monoisotopic (exact) mass is 257 g/mol. The Balaban J connectivity index is 2.39. The van der Waals surface area contributed by atoms with Crippen LogP contribution in [0.3, 0.4) is 0 Å². The standard InChI is InChI=1S/C15H19N3O/c1-15(2,3)12-6-4-5-7-13(12)19-14-11(10-16)8-9-17-18-14/h4-9H,10,16H2,1-3H3. The zero-order valence-corrected chi connectivity index (χ0v) is 11.6. The summed E-state index contributed by atoms with van der Waals surface area (Å²) in [6, 6.07) is 9.78. The predicted molar refractivity (Wildman–Crippen MR) is 75.1 cm³/mol. The minimum Gasteiger partial charge on any atom is -0.437 e. The van der Waals surface area contributed by atoms with E-state index in [-0.39, 0.29) is 5.41 Å². The lowest BCUT2D eigenvalue weighted by molar-refractivity contribution is 0.428. The first-order valence-corrected chi connectivity index (χ1v) is 6.30. The van der Waals surface area contributed by atoms with E-state index in [1.54, 1.807) is 6.20 Å². The smallest absolute Gasteiger partial charge is 0.243 e. The Hall–Kier alpha value is -1.94. The molecule has 0 spiro atoms. The van der Waals surface area contributed by atoms with E-state index in [9.17, 15) is 0 Å². The third kappa shape index (κ3) is 3.09. The van der Waals surface area contributed by atoms with Gasteiger partial charge in [0.1, 0.15) is 5.75 Å². The maximum absolute atomic E-state index is 5.90. The molecule has 0 saturated heterocycles. The van der Waals surface area contributed by atoms with Crippen LogP contribution in [-0.4, -0.2) is 10.2 Å². The lowest BCUT2D eigenvalue weighted by Gasteiger charge is -2.22. The van der Waals surface area contributed by atoms with Crippen molar-refractivity contribution in [3.63, 3.8) is 0 Å². The Labute approximate surface area is 113 Å². The topological polar surface area (TPSA) is 61.0 Å². The van der Waals surface area contributed by atoms with Gasteiger partial charge in [-0.1, -0.05) is 39.0 Å². The maximum atomic E-state index is 5.90. The second kappa shape index (κ2) is 5.36. The number of ether oxygens (including phenoxy) is 1. The van der Waals surface area contributed by atoms with Gasteiger partial charge in [0.25, 0.3) is 0 Å². The van der Waals surface area contributed by atoms with Crippen molar-refractivity contribution in [3.8, 4) is 11.6 Å². The molecule has 0 radical (unpaired) electrons. The molecule has 4 nitrogen and oxygen atoms in total. The zero-order chi connectivity index (χ0) is 13.9. The zero-order valence-electron chi connectivity index (χ0n) is 11.6. The van der Waals surface area contributed by atoms with Gasteiger partial charge in [-0.2, -0.15) is 5.10 Å². The van der Waals surface area contributed by atoms with Crippen LogP contribution in [0.25, 0.3) is 0 Å². The molecule has 4 heteroatoms. The highest BCUT2D eigenvalue weighted by Crippen LogP contribution is 2.33. The van der Waals surface area contributed by atoms with Crippen molar-refractivity contribution < 1.29 is 4.74 Å². The molecule has 19 heavy (non-hydrogen) atoms. The van der Waals surface area contributed by atoms with Crippen molar-refractivity contribution in [1.82, 2.24) is 10.2 Å². The number of rotatable bonds is 3. The molecule has 2 N–H and O–H groups in total. The van der Waals surface area contributed by atoms with Crippen LogP contribution in [0.1, 0.15) is 31.9 Å². The van der Waals surface area contributed by atoms with Gasteiger partial charge in [0, 0.05) is 17.7 Å². The van der Waals surface area contributed by atoms with Crippen molar-refractivity contribution in [1.29, 1.82) is 0 Å². The number of nitrogens with zero attached hydrogens (tertiary/aromatic N) is 2. The summed E-state index contributed by atoms with van der Waals surface area (Å²) in [5, 5.41) is 7.87. The molecule has 0 fully saturated rings. The summed E-state index contributed by atoms with van der Waals surface area (Å²) in [6.45, 7) is 6.82. The van der Waals surface area contributed by atoms with Crippen LogP contribution in [0, 0.1) is 0 Å². The molecule has 0 aliphatic rings. The molecule has 0 aliphatic heterocycles. The van der Waals surface area contributed by atoms with Crippen LogP contribution in [-0.2, 0) is 12.0 Å².